The van der Waals surface area contributed by atoms with Crippen molar-refractivity contribution in [2.45, 2.75) is 0 Å². The Bertz CT molecular complexity index is 806. The van der Waals surface area contributed by atoms with E-state index < -0.39 is 17.1 Å². The lowest BCUT2D eigenvalue weighted by molar-refractivity contribution is 0.103. The van der Waals surface area contributed by atoms with Crippen molar-refractivity contribution in [3.8, 4) is 11.8 Å². The number of halogens is 2. The van der Waals surface area contributed by atoms with Crippen molar-refractivity contribution in [1.82, 2.24) is 4.98 Å². The van der Waals surface area contributed by atoms with E-state index in [0.29, 0.717) is 0 Å². The van der Waals surface area contributed by atoms with Gasteiger partial charge in [-0.2, -0.15) is 5.26 Å². The highest BCUT2D eigenvalue weighted by molar-refractivity contribution is 6.36. The quantitative estimate of drug-likeness (QED) is 0.833. The zero-order chi connectivity index (χ0) is 14.9. The fraction of sp³-hybridized carbons (Fsp3) is 0. The Labute approximate surface area is 123 Å². The Hall–Kier alpha value is -2.29. The van der Waals surface area contributed by atoms with Crippen LogP contribution in [-0.2, 0) is 0 Å². The van der Waals surface area contributed by atoms with Gasteiger partial charge in [-0.15, -0.1) is 0 Å². The van der Waals surface area contributed by atoms with Gasteiger partial charge < -0.3 is 10.1 Å². The molecule has 2 aromatic rings. The van der Waals surface area contributed by atoms with E-state index >= 15 is 0 Å². The molecule has 1 aromatic carbocycles. The molecule has 0 fully saturated rings. The van der Waals surface area contributed by atoms with E-state index in [2.05, 4.69) is 4.98 Å². The summed E-state index contributed by atoms with van der Waals surface area (Å²) < 4.78 is 0. The molecule has 0 atom stereocenters. The van der Waals surface area contributed by atoms with Gasteiger partial charge in [0.05, 0.1) is 10.6 Å². The summed E-state index contributed by atoms with van der Waals surface area (Å²) in [6.07, 6.45) is 1.15. The zero-order valence-electron chi connectivity index (χ0n) is 9.78. The number of hydrogen-bond donors (Lipinski definition) is 2. The summed E-state index contributed by atoms with van der Waals surface area (Å²) in [5.74, 6) is -1.02. The first-order chi connectivity index (χ1) is 9.43. The number of aromatic amines is 1. The monoisotopic (exact) mass is 308 g/mol. The van der Waals surface area contributed by atoms with Gasteiger partial charge in [0.15, 0.2) is 5.78 Å². The molecule has 0 radical (unpaired) electrons. The maximum absolute atomic E-state index is 12.2. The number of nitrogens with zero attached hydrogens (tertiary/aromatic N) is 1. The molecular weight excluding hydrogens is 303 g/mol. The molecule has 1 aromatic heterocycles. The topological polar surface area (TPSA) is 93.9 Å². The van der Waals surface area contributed by atoms with Gasteiger partial charge in [-0.1, -0.05) is 23.2 Å². The lowest BCUT2D eigenvalue weighted by atomic mass is 10.0. The maximum atomic E-state index is 12.2. The molecule has 0 aliphatic rings. The minimum atomic E-state index is -0.611. The summed E-state index contributed by atoms with van der Waals surface area (Å²) in [7, 11) is 0. The smallest absolute Gasteiger partial charge is 0.265 e. The van der Waals surface area contributed by atoms with Crippen molar-refractivity contribution in [2.75, 3.05) is 0 Å². The lowest BCUT2D eigenvalue weighted by Crippen LogP contribution is -2.13. The van der Waals surface area contributed by atoms with E-state index in [1.807, 2.05) is 0 Å². The molecule has 100 valence electrons. The van der Waals surface area contributed by atoms with Crippen molar-refractivity contribution >= 4 is 29.0 Å². The van der Waals surface area contributed by atoms with Crippen LogP contribution in [0.2, 0.25) is 10.0 Å². The predicted octanol–water partition coefficient (Wildman–Crippen LogP) is 2.49. The number of hydrogen-bond acceptors (Lipinski definition) is 4. The third-order valence-corrected chi connectivity index (χ3v) is 3.07. The third-order valence-electron chi connectivity index (χ3n) is 2.56. The Kier molecular flexibility index (Phi) is 3.79. The number of pyridine rings is 1. The number of nitriles is 1. The molecule has 2 N–H and O–H groups in total. The van der Waals surface area contributed by atoms with Crippen molar-refractivity contribution in [3.05, 3.63) is 61.5 Å². The molecule has 0 saturated carbocycles. The van der Waals surface area contributed by atoms with Crippen LogP contribution in [0.3, 0.4) is 0 Å². The predicted molar refractivity (Wildman–Crippen MR) is 73.3 cm³/mol. The van der Waals surface area contributed by atoms with Crippen LogP contribution in [0.5, 0.6) is 5.75 Å². The van der Waals surface area contributed by atoms with Crippen LogP contribution in [0.15, 0.2) is 29.2 Å². The van der Waals surface area contributed by atoms with E-state index in [1.54, 1.807) is 6.07 Å². The van der Waals surface area contributed by atoms with Crippen molar-refractivity contribution in [1.29, 1.82) is 5.26 Å². The van der Waals surface area contributed by atoms with Crippen molar-refractivity contribution in [2.24, 2.45) is 0 Å². The highest BCUT2D eigenvalue weighted by Crippen LogP contribution is 2.32. The Morgan fingerprint density at radius 1 is 1.30 bits per heavy atom. The first-order valence-electron chi connectivity index (χ1n) is 5.29. The molecule has 0 saturated heterocycles. The molecule has 5 nitrogen and oxygen atoms in total. The molecule has 20 heavy (non-hydrogen) atoms. The third kappa shape index (κ3) is 2.52. The van der Waals surface area contributed by atoms with Gasteiger partial charge in [0, 0.05) is 16.8 Å². The molecule has 0 spiro atoms. The Morgan fingerprint density at radius 2 is 2.00 bits per heavy atom. The standard InChI is InChI=1S/C13H6Cl2N2O3/c14-8-2-9(12(19)10(15)3-8)11(18)7-1-6(4-16)13(20)17-5-7/h1-3,5,19H,(H,17,20). The van der Waals surface area contributed by atoms with Gasteiger partial charge in [0.1, 0.15) is 17.4 Å². The number of ketones is 1. The van der Waals surface area contributed by atoms with E-state index in [9.17, 15) is 14.7 Å². The van der Waals surface area contributed by atoms with Gasteiger partial charge in [-0.3, -0.25) is 9.59 Å². The highest BCUT2D eigenvalue weighted by Gasteiger charge is 2.18. The molecule has 0 unspecified atom stereocenters. The van der Waals surface area contributed by atoms with Gasteiger partial charge in [0.2, 0.25) is 0 Å². The minimum Gasteiger partial charge on any atom is -0.506 e. The molecule has 7 heteroatoms. The Morgan fingerprint density at radius 3 is 2.65 bits per heavy atom. The summed E-state index contributed by atoms with van der Waals surface area (Å²) >= 11 is 11.5. The molecule has 2 rings (SSSR count). The van der Waals surface area contributed by atoms with Gasteiger partial charge >= 0.3 is 0 Å². The molecule has 0 amide bonds. The SMILES string of the molecule is N#Cc1cc(C(=O)c2cc(Cl)cc(Cl)c2O)c[nH]c1=O. The molecule has 0 aliphatic heterocycles. The van der Waals surface area contributed by atoms with E-state index in [-0.39, 0.29) is 26.7 Å². The lowest BCUT2D eigenvalue weighted by Gasteiger charge is -2.06. The average Bonchev–Trinajstić information content (AvgIpc) is 2.42. The van der Waals surface area contributed by atoms with Crippen LogP contribution in [0, 0.1) is 11.3 Å². The van der Waals surface area contributed by atoms with Gasteiger partial charge in [-0.05, 0) is 18.2 Å². The van der Waals surface area contributed by atoms with Crippen molar-refractivity contribution < 1.29 is 9.90 Å². The number of nitrogens with one attached hydrogen (secondary N) is 1. The number of aromatic hydroxyl groups is 1. The van der Waals surface area contributed by atoms with Crippen LogP contribution < -0.4 is 5.56 Å². The minimum absolute atomic E-state index is 0.0368. The van der Waals surface area contributed by atoms with Crippen LogP contribution in [-0.4, -0.2) is 15.9 Å². The first kappa shape index (κ1) is 14.1. The average molecular weight is 309 g/mol. The number of rotatable bonds is 2. The normalized spacial score (nSPS) is 10.1. The fourth-order valence-corrected chi connectivity index (χ4v) is 2.09. The number of phenolic OH excluding ortho intramolecular Hbond substituents is 1. The number of aromatic nitrogens is 1. The van der Waals surface area contributed by atoms with Gasteiger partial charge in [-0.25, -0.2) is 0 Å². The number of benzene rings is 1. The molecular formula is C13H6Cl2N2O3. The molecule has 1 heterocycles. The van der Waals surface area contributed by atoms with E-state index in [1.165, 1.54) is 12.1 Å². The van der Waals surface area contributed by atoms with E-state index in [4.69, 9.17) is 28.5 Å². The van der Waals surface area contributed by atoms with Crippen LogP contribution >= 0.6 is 23.2 Å². The Balaban J connectivity index is 2.58. The summed E-state index contributed by atoms with van der Waals surface area (Å²) in [6, 6.07) is 5.35. The molecule has 0 bridgehead atoms. The van der Waals surface area contributed by atoms with Crippen LogP contribution in [0.4, 0.5) is 0 Å². The zero-order valence-corrected chi connectivity index (χ0v) is 11.3. The van der Waals surface area contributed by atoms with Crippen molar-refractivity contribution in [3.63, 3.8) is 0 Å². The summed E-state index contributed by atoms with van der Waals surface area (Å²) in [4.78, 5) is 25.8. The number of carbonyl (C=O) groups excluding carboxylic acids is 1. The number of H-pyrrole nitrogens is 1. The first-order valence-corrected chi connectivity index (χ1v) is 6.05. The maximum Gasteiger partial charge on any atom is 0.265 e. The largest absolute Gasteiger partial charge is 0.506 e. The second kappa shape index (κ2) is 5.37. The van der Waals surface area contributed by atoms with Gasteiger partial charge in [0.25, 0.3) is 5.56 Å². The summed E-state index contributed by atoms with van der Waals surface area (Å²) in [6.45, 7) is 0. The van der Waals surface area contributed by atoms with E-state index in [0.717, 1.165) is 12.3 Å². The summed E-state index contributed by atoms with van der Waals surface area (Å²) in [5.41, 5.74) is -0.880. The highest BCUT2D eigenvalue weighted by atomic mass is 35.5. The molecule has 0 aliphatic carbocycles. The second-order valence-electron chi connectivity index (χ2n) is 3.86. The summed E-state index contributed by atoms with van der Waals surface area (Å²) in [5, 5.41) is 18.7. The second-order valence-corrected chi connectivity index (χ2v) is 4.70. The van der Waals surface area contributed by atoms with Crippen LogP contribution in [0.25, 0.3) is 0 Å². The number of phenols is 1. The fourth-order valence-electron chi connectivity index (χ4n) is 1.59. The van der Waals surface area contributed by atoms with Crippen LogP contribution in [0.1, 0.15) is 21.5 Å². The number of carbonyl (C=O) groups is 1.